The van der Waals surface area contributed by atoms with Crippen molar-refractivity contribution in [3.8, 4) is 0 Å². The number of nitro benzene ring substituents is 1. The van der Waals surface area contributed by atoms with Crippen LogP contribution in [0.5, 0.6) is 0 Å². The number of aromatic amines is 1. The van der Waals surface area contributed by atoms with Crippen LogP contribution in [0.4, 0.5) is 5.69 Å². The van der Waals surface area contributed by atoms with Crippen molar-refractivity contribution in [2.24, 2.45) is 0 Å². The molecule has 6 nitrogen and oxygen atoms in total. The molecule has 2 aromatic carbocycles. The molecule has 7 heteroatoms. The molecule has 0 fully saturated rings. The number of para-hydroxylation sites is 1. The van der Waals surface area contributed by atoms with Crippen molar-refractivity contribution < 1.29 is 14.5 Å². The summed E-state index contributed by atoms with van der Waals surface area (Å²) in [7, 11) is 0. The SMILES string of the molecule is O=C(CCc1c[nH]c2ccccc12)OCc1ccc([N+](=O)[O-])cc1Cl. The van der Waals surface area contributed by atoms with Gasteiger partial charge in [0.15, 0.2) is 0 Å². The van der Waals surface area contributed by atoms with Gasteiger partial charge in [-0.1, -0.05) is 29.8 Å². The van der Waals surface area contributed by atoms with Crippen molar-refractivity contribution in [1.29, 1.82) is 0 Å². The number of carbonyl (C=O) groups excluding carboxylic acids is 1. The zero-order valence-corrected chi connectivity index (χ0v) is 14.0. The second kappa shape index (κ2) is 7.36. The van der Waals surface area contributed by atoms with E-state index >= 15 is 0 Å². The number of nitro groups is 1. The second-order valence-electron chi connectivity index (χ2n) is 5.55. The number of aryl methyl sites for hydroxylation is 1. The lowest BCUT2D eigenvalue weighted by Crippen LogP contribution is -2.06. The molecule has 1 heterocycles. The van der Waals surface area contributed by atoms with Crippen molar-refractivity contribution >= 4 is 34.2 Å². The van der Waals surface area contributed by atoms with Crippen LogP contribution >= 0.6 is 11.6 Å². The number of benzene rings is 2. The van der Waals surface area contributed by atoms with Crippen LogP contribution in [0.3, 0.4) is 0 Å². The van der Waals surface area contributed by atoms with Gasteiger partial charge >= 0.3 is 5.97 Å². The van der Waals surface area contributed by atoms with Gasteiger partial charge in [-0.3, -0.25) is 14.9 Å². The topological polar surface area (TPSA) is 85.2 Å². The van der Waals surface area contributed by atoms with Crippen molar-refractivity contribution in [3.63, 3.8) is 0 Å². The maximum absolute atomic E-state index is 12.0. The second-order valence-corrected chi connectivity index (χ2v) is 5.96. The molecule has 0 radical (unpaired) electrons. The summed E-state index contributed by atoms with van der Waals surface area (Å²) in [6.07, 6.45) is 2.70. The first-order valence-electron chi connectivity index (χ1n) is 7.68. The standard InChI is InChI=1S/C18H15ClN2O4/c19-16-9-14(21(23)24)7-5-13(16)11-25-18(22)8-6-12-10-20-17-4-2-1-3-15(12)17/h1-5,7,9-10,20H,6,8,11H2. The van der Waals surface area contributed by atoms with Gasteiger partial charge in [-0.25, -0.2) is 0 Å². The third-order valence-electron chi connectivity index (χ3n) is 3.91. The van der Waals surface area contributed by atoms with Gasteiger partial charge in [0.2, 0.25) is 0 Å². The molecule has 128 valence electrons. The van der Waals surface area contributed by atoms with E-state index in [9.17, 15) is 14.9 Å². The fraction of sp³-hybridized carbons (Fsp3) is 0.167. The van der Waals surface area contributed by atoms with Gasteiger partial charge < -0.3 is 9.72 Å². The van der Waals surface area contributed by atoms with Gasteiger partial charge in [0.25, 0.3) is 5.69 Å². The minimum Gasteiger partial charge on any atom is -0.461 e. The molecule has 0 amide bonds. The number of non-ortho nitro benzene ring substituents is 1. The van der Waals surface area contributed by atoms with Gasteiger partial charge in [0, 0.05) is 41.2 Å². The molecule has 0 aliphatic heterocycles. The molecule has 0 atom stereocenters. The summed E-state index contributed by atoms with van der Waals surface area (Å²) in [5, 5.41) is 12.0. The Balaban J connectivity index is 1.55. The Morgan fingerprint density at radius 2 is 2.00 bits per heavy atom. The smallest absolute Gasteiger partial charge is 0.306 e. The number of ether oxygens (including phenoxy) is 1. The lowest BCUT2D eigenvalue weighted by molar-refractivity contribution is -0.384. The molecule has 0 saturated heterocycles. The van der Waals surface area contributed by atoms with Crippen LogP contribution in [0.15, 0.2) is 48.7 Å². The summed E-state index contributed by atoms with van der Waals surface area (Å²) in [6, 6.07) is 12.0. The molecule has 25 heavy (non-hydrogen) atoms. The van der Waals surface area contributed by atoms with E-state index in [1.807, 2.05) is 30.5 Å². The third kappa shape index (κ3) is 3.97. The molecule has 0 saturated carbocycles. The molecule has 0 unspecified atom stereocenters. The van der Waals surface area contributed by atoms with Crippen molar-refractivity contribution in [2.75, 3.05) is 0 Å². The number of esters is 1. The van der Waals surface area contributed by atoms with Crippen LogP contribution in [0.25, 0.3) is 10.9 Å². The van der Waals surface area contributed by atoms with E-state index in [1.165, 1.54) is 18.2 Å². The van der Waals surface area contributed by atoms with Crippen LogP contribution < -0.4 is 0 Å². The van der Waals surface area contributed by atoms with Crippen molar-refractivity contribution in [2.45, 2.75) is 19.4 Å². The molecular formula is C18H15ClN2O4. The normalized spacial score (nSPS) is 10.8. The Morgan fingerprint density at radius 3 is 2.76 bits per heavy atom. The number of fused-ring (bicyclic) bond motifs is 1. The average molecular weight is 359 g/mol. The highest BCUT2D eigenvalue weighted by molar-refractivity contribution is 6.31. The number of hydrogen-bond acceptors (Lipinski definition) is 4. The molecular weight excluding hydrogens is 344 g/mol. The Kier molecular flexibility index (Phi) is 5.00. The Bertz CT molecular complexity index is 936. The lowest BCUT2D eigenvalue weighted by atomic mass is 10.1. The minimum absolute atomic E-state index is 0.0104. The lowest BCUT2D eigenvalue weighted by Gasteiger charge is -2.06. The van der Waals surface area contributed by atoms with Gasteiger partial charge in [0.05, 0.1) is 9.95 Å². The first kappa shape index (κ1) is 17.0. The summed E-state index contributed by atoms with van der Waals surface area (Å²) in [4.78, 5) is 25.3. The van der Waals surface area contributed by atoms with Crippen LogP contribution in [-0.2, 0) is 22.6 Å². The predicted octanol–water partition coefficient (Wildman–Crippen LogP) is 4.41. The monoisotopic (exact) mass is 358 g/mol. The first-order chi connectivity index (χ1) is 12.0. The maximum Gasteiger partial charge on any atom is 0.306 e. The molecule has 1 aromatic heterocycles. The highest BCUT2D eigenvalue weighted by Crippen LogP contribution is 2.23. The van der Waals surface area contributed by atoms with Crippen LogP contribution in [0.2, 0.25) is 5.02 Å². The summed E-state index contributed by atoms with van der Waals surface area (Å²) in [5.41, 5.74) is 2.52. The van der Waals surface area contributed by atoms with Crippen molar-refractivity contribution in [3.05, 3.63) is 74.9 Å². The van der Waals surface area contributed by atoms with E-state index in [2.05, 4.69) is 4.98 Å². The van der Waals surface area contributed by atoms with Gasteiger partial charge in [0.1, 0.15) is 6.61 Å². The van der Waals surface area contributed by atoms with Crippen LogP contribution in [0.1, 0.15) is 17.5 Å². The van der Waals surface area contributed by atoms with E-state index in [4.69, 9.17) is 16.3 Å². The van der Waals surface area contributed by atoms with E-state index in [0.29, 0.717) is 12.0 Å². The van der Waals surface area contributed by atoms with Gasteiger partial charge in [-0.2, -0.15) is 0 Å². The van der Waals surface area contributed by atoms with E-state index in [1.54, 1.807) is 0 Å². The van der Waals surface area contributed by atoms with Gasteiger partial charge in [-0.15, -0.1) is 0 Å². The number of nitrogens with one attached hydrogen (secondary N) is 1. The Labute approximate surface area is 148 Å². The summed E-state index contributed by atoms with van der Waals surface area (Å²) in [6.45, 7) is -0.0104. The average Bonchev–Trinajstić information content (AvgIpc) is 3.02. The number of carbonyl (C=O) groups is 1. The molecule has 3 aromatic rings. The largest absolute Gasteiger partial charge is 0.461 e. The number of rotatable bonds is 6. The first-order valence-corrected chi connectivity index (χ1v) is 8.06. The quantitative estimate of drug-likeness (QED) is 0.402. The number of hydrogen-bond donors (Lipinski definition) is 1. The highest BCUT2D eigenvalue weighted by Gasteiger charge is 2.12. The number of nitrogens with zero attached hydrogens (tertiary/aromatic N) is 1. The summed E-state index contributed by atoms with van der Waals surface area (Å²) in [5.74, 6) is -0.347. The highest BCUT2D eigenvalue weighted by atomic mass is 35.5. The maximum atomic E-state index is 12.0. The molecule has 0 aliphatic carbocycles. The molecule has 0 spiro atoms. The van der Waals surface area contributed by atoms with Crippen LogP contribution in [-0.4, -0.2) is 15.9 Å². The summed E-state index contributed by atoms with van der Waals surface area (Å²) >= 11 is 5.98. The number of H-pyrrole nitrogens is 1. The summed E-state index contributed by atoms with van der Waals surface area (Å²) < 4.78 is 5.22. The molecule has 0 bridgehead atoms. The van der Waals surface area contributed by atoms with Crippen molar-refractivity contribution in [1.82, 2.24) is 4.98 Å². The zero-order chi connectivity index (χ0) is 17.8. The molecule has 3 rings (SSSR count). The van der Waals surface area contributed by atoms with E-state index in [0.717, 1.165) is 16.5 Å². The minimum atomic E-state index is -0.525. The Hall–Kier alpha value is -2.86. The fourth-order valence-electron chi connectivity index (χ4n) is 2.57. The van der Waals surface area contributed by atoms with Gasteiger partial charge in [-0.05, 0) is 24.1 Å². The van der Waals surface area contributed by atoms with E-state index < -0.39 is 4.92 Å². The zero-order valence-electron chi connectivity index (χ0n) is 13.2. The predicted molar refractivity (Wildman–Crippen MR) is 94.5 cm³/mol. The van der Waals surface area contributed by atoms with Crippen LogP contribution in [0, 0.1) is 10.1 Å². The molecule has 0 aliphatic rings. The fourth-order valence-corrected chi connectivity index (χ4v) is 2.80. The number of halogens is 1. The third-order valence-corrected chi connectivity index (χ3v) is 4.26. The van der Waals surface area contributed by atoms with E-state index in [-0.39, 0.29) is 29.7 Å². The molecule has 1 N–H and O–H groups in total. The number of aromatic nitrogens is 1. The Morgan fingerprint density at radius 1 is 1.20 bits per heavy atom.